The summed E-state index contributed by atoms with van der Waals surface area (Å²) >= 11 is 0. The minimum absolute atomic E-state index is 0.0150. The van der Waals surface area contributed by atoms with E-state index in [2.05, 4.69) is 15.0 Å². The molecule has 0 aliphatic rings. The Morgan fingerprint density at radius 3 is 2.27 bits per heavy atom. The van der Waals surface area contributed by atoms with Crippen molar-refractivity contribution in [3.8, 4) is 0 Å². The molecule has 0 saturated heterocycles. The highest BCUT2D eigenvalue weighted by molar-refractivity contribution is 7.92. The average molecular weight is 371 g/mol. The van der Waals surface area contributed by atoms with Gasteiger partial charge in [0.1, 0.15) is 11.6 Å². The molecule has 0 bridgehead atoms. The van der Waals surface area contributed by atoms with Gasteiger partial charge in [0.15, 0.2) is 0 Å². The van der Waals surface area contributed by atoms with Crippen LogP contribution in [0.3, 0.4) is 0 Å². The maximum absolute atomic E-state index is 12.9. The third-order valence-corrected chi connectivity index (χ3v) is 5.20. The molecule has 3 aromatic rings. The average Bonchev–Trinajstić information content (AvgIpc) is 2.64. The Bertz CT molecular complexity index is 960. The molecular weight excluding hydrogens is 353 g/mol. The lowest BCUT2D eigenvalue weighted by Crippen LogP contribution is -2.13. The number of sulfonamides is 1. The molecule has 3 rings (SSSR count). The minimum atomic E-state index is -3.79. The fourth-order valence-electron chi connectivity index (χ4n) is 2.41. The molecule has 0 aliphatic heterocycles. The van der Waals surface area contributed by atoms with Crippen LogP contribution >= 0.6 is 0 Å². The first-order chi connectivity index (χ1) is 12.4. The lowest BCUT2D eigenvalue weighted by atomic mass is 10.1. The number of halogens is 1. The molecule has 2 aromatic carbocycles. The molecule has 0 radical (unpaired) electrons. The van der Waals surface area contributed by atoms with Crippen LogP contribution in [0.4, 0.5) is 15.9 Å². The Balaban J connectivity index is 1.68. The van der Waals surface area contributed by atoms with Crippen LogP contribution in [0.1, 0.15) is 18.5 Å². The number of nitrogens with zero attached hydrogens (tertiary/aromatic N) is 1. The van der Waals surface area contributed by atoms with Gasteiger partial charge in [0, 0.05) is 6.04 Å². The summed E-state index contributed by atoms with van der Waals surface area (Å²) in [6, 6.07) is 17.9. The van der Waals surface area contributed by atoms with Gasteiger partial charge in [-0.15, -0.1) is 0 Å². The van der Waals surface area contributed by atoms with Gasteiger partial charge in [0.2, 0.25) is 0 Å². The summed E-state index contributed by atoms with van der Waals surface area (Å²) in [6.07, 6.45) is 1.43. The van der Waals surface area contributed by atoms with E-state index in [0.29, 0.717) is 11.5 Å². The summed E-state index contributed by atoms with van der Waals surface area (Å²) in [5.41, 5.74) is 1.45. The van der Waals surface area contributed by atoms with E-state index < -0.39 is 15.8 Å². The van der Waals surface area contributed by atoms with Crippen LogP contribution in [0.25, 0.3) is 0 Å². The van der Waals surface area contributed by atoms with Crippen LogP contribution in [-0.2, 0) is 10.0 Å². The predicted octanol–water partition coefficient (Wildman–Crippen LogP) is 4.19. The summed E-state index contributed by atoms with van der Waals surface area (Å²) in [4.78, 5) is 4.22. The van der Waals surface area contributed by atoms with Gasteiger partial charge in [-0.05, 0) is 48.9 Å². The van der Waals surface area contributed by atoms with E-state index in [1.165, 1.54) is 18.3 Å². The molecule has 134 valence electrons. The Hall–Kier alpha value is -2.93. The first-order valence-corrected chi connectivity index (χ1v) is 9.48. The second-order valence-corrected chi connectivity index (χ2v) is 7.45. The smallest absolute Gasteiger partial charge is 0.261 e. The molecule has 0 saturated carbocycles. The summed E-state index contributed by atoms with van der Waals surface area (Å²) < 4.78 is 39.9. The first kappa shape index (κ1) is 17.9. The van der Waals surface area contributed by atoms with E-state index in [4.69, 9.17) is 0 Å². The zero-order chi connectivity index (χ0) is 18.6. The molecule has 2 N–H and O–H groups in total. The molecule has 1 heterocycles. The van der Waals surface area contributed by atoms with Crippen LogP contribution in [0.5, 0.6) is 0 Å². The number of hydrogen-bond donors (Lipinski definition) is 2. The quantitative estimate of drug-likeness (QED) is 0.681. The maximum Gasteiger partial charge on any atom is 0.261 e. The van der Waals surface area contributed by atoms with E-state index in [0.717, 1.165) is 17.7 Å². The maximum atomic E-state index is 12.9. The number of hydrogen-bond acceptors (Lipinski definition) is 4. The zero-order valence-electron chi connectivity index (χ0n) is 14.1. The van der Waals surface area contributed by atoms with Gasteiger partial charge in [-0.2, -0.15) is 0 Å². The zero-order valence-corrected chi connectivity index (χ0v) is 14.9. The molecule has 0 aliphatic carbocycles. The van der Waals surface area contributed by atoms with Crippen LogP contribution in [0.2, 0.25) is 0 Å². The second kappa shape index (κ2) is 7.53. The molecule has 0 spiro atoms. The highest BCUT2D eigenvalue weighted by atomic mass is 32.2. The summed E-state index contributed by atoms with van der Waals surface area (Å²) in [5.74, 6) is 0.139. The van der Waals surface area contributed by atoms with Crippen molar-refractivity contribution in [2.45, 2.75) is 17.9 Å². The lowest BCUT2D eigenvalue weighted by Gasteiger charge is -2.15. The van der Waals surface area contributed by atoms with E-state index in [1.807, 2.05) is 37.3 Å². The van der Waals surface area contributed by atoms with Crippen molar-refractivity contribution in [2.75, 3.05) is 10.0 Å². The Morgan fingerprint density at radius 1 is 0.962 bits per heavy atom. The molecule has 1 aromatic heterocycles. The summed E-state index contributed by atoms with van der Waals surface area (Å²) in [6.45, 7) is 2.02. The van der Waals surface area contributed by atoms with Crippen molar-refractivity contribution < 1.29 is 12.8 Å². The predicted molar refractivity (Wildman–Crippen MR) is 99.9 cm³/mol. The van der Waals surface area contributed by atoms with Gasteiger partial charge in [-0.1, -0.05) is 30.3 Å². The monoisotopic (exact) mass is 371 g/mol. The second-order valence-electron chi connectivity index (χ2n) is 5.77. The fraction of sp³-hybridized carbons (Fsp3) is 0.105. The normalized spacial score (nSPS) is 12.4. The largest absolute Gasteiger partial charge is 0.364 e. The van der Waals surface area contributed by atoms with Crippen molar-refractivity contribution in [3.05, 3.63) is 84.3 Å². The first-order valence-electron chi connectivity index (χ1n) is 8.00. The number of rotatable bonds is 6. The molecule has 0 amide bonds. The molecule has 5 nitrogen and oxygen atoms in total. The van der Waals surface area contributed by atoms with Crippen molar-refractivity contribution in [2.24, 2.45) is 0 Å². The van der Waals surface area contributed by atoms with Gasteiger partial charge in [-0.3, -0.25) is 4.72 Å². The third-order valence-electron chi connectivity index (χ3n) is 3.80. The van der Waals surface area contributed by atoms with Gasteiger partial charge < -0.3 is 5.32 Å². The van der Waals surface area contributed by atoms with Gasteiger partial charge in [-0.25, -0.2) is 17.8 Å². The lowest BCUT2D eigenvalue weighted by molar-refractivity contribution is 0.599. The third kappa shape index (κ3) is 4.37. The highest BCUT2D eigenvalue weighted by Crippen LogP contribution is 2.20. The number of anilines is 2. The Kier molecular flexibility index (Phi) is 5.18. The molecule has 0 fully saturated rings. The molecule has 1 unspecified atom stereocenters. The van der Waals surface area contributed by atoms with Crippen LogP contribution in [0, 0.1) is 5.82 Å². The summed E-state index contributed by atoms with van der Waals surface area (Å²) in [7, 11) is -3.79. The molecular formula is C19H18FN3O2S. The van der Waals surface area contributed by atoms with E-state index in [9.17, 15) is 12.8 Å². The van der Waals surface area contributed by atoms with E-state index in [-0.39, 0.29) is 10.9 Å². The SMILES string of the molecule is CC(Nc1ccc(NS(=O)(=O)c2ccc(F)cc2)cn1)c1ccccc1. The summed E-state index contributed by atoms with van der Waals surface area (Å²) in [5, 5.41) is 3.26. The minimum Gasteiger partial charge on any atom is -0.364 e. The van der Waals surface area contributed by atoms with Crippen LogP contribution < -0.4 is 10.0 Å². The topological polar surface area (TPSA) is 71.1 Å². The highest BCUT2D eigenvalue weighted by Gasteiger charge is 2.14. The molecule has 1 atom stereocenters. The fourth-order valence-corrected chi connectivity index (χ4v) is 3.46. The number of aromatic nitrogens is 1. The van der Waals surface area contributed by atoms with Gasteiger partial charge >= 0.3 is 0 Å². The van der Waals surface area contributed by atoms with Crippen molar-refractivity contribution in [3.63, 3.8) is 0 Å². The number of nitrogens with one attached hydrogen (secondary N) is 2. The van der Waals surface area contributed by atoms with Gasteiger partial charge in [0.05, 0.1) is 16.8 Å². The standard InChI is InChI=1S/C19H18FN3O2S/c1-14(15-5-3-2-4-6-15)22-19-12-9-17(13-21-19)23-26(24,25)18-10-7-16(20)8-11-18/h2-14,23H,1H3,(H,21,22). The Morgan fingerprint density at radius 2 is 1.65 bits per heavy atom. The molecule has 7 heteroatoms. The molecule has 26 heavy (non-hydrogen) atoms. The van der Waals surface area contributed by atoms with E-state index >= 15 is 0 Å². The Labute approximate surface area is 152 Å². The van der Waals surface area contributed by atoms with Gasteiger partial charge in [0.25, 0.3) is 10.0 Å². The van der Waals surface area contributed by atoms with Crippen molar-refractivity contribution >= 4 is 21.5 Å². The van der Waals surface area contributed by atoms with E-state index in [1.54, 1.807) is 12.1 Å². The van der Waals surface area contributed by atoms with Crippen molar-refractivity contribution in [1.82, 2.24) is 4.98 Å². The van der Waals surface area contributed by atoms with Crippen molar-refractivity contribution in [1.29, 1.82) is 0 Å². The number of pyridine rings is 1. The van der Waals surface area contributed by atoms with Crippen LogP contribution in [0.15, 0.2) is 77.8 Å². The van der Waals surface area contributed by atoms with Crippen LogP contribution in [-0.4, -0.2) is 13.4 Å². The number of benzene rings is 2.